The van der Waals surface area contributed by atoms with Gasteiger partial charge in [0.2, 0.25) is 0 Å². The molecule has 0 radical (unpaired) electrons. The Kier molecular flexibility index (Phi) is 1.73. The Bertz CT molecular complexity index is 176. The topological polar surface area (TPSA) is 9.23 Å². The quantitative estimate of drug-likeness (QED) is 0.552. The van der Waals surface area contributed by atoms with Crippen LogP contribution in [0.2, 0.25) is 0 Å². The van der Waals surface area contributed by atoms with Gasteiger partial charge in [0.1, 0.15) is 5.75 Å². The first-order chi connectivity index (χ1) is 4.33. The molecule has 1 rings (SSSR count). The maximum Gasteiger partial charge on any atom is 0.118 e. The van der Waals surface area contributed by atoms with Crippen molar-refractivity contribution in [3.63, 3.8) is 0 Å². The van der Waals surface area contributed by atoms with Gasteiger partial charge in [-0.25, -0.2) is 0 Å². The summed E-state index contributed by atoms with van der Waals surface area (Å²) >= 11 is 0. The van der Waals surface area contributed by atoms with Crippen LogP contribution in [0.15, 0.2) is 24.3 Å². The Balaban J connectivity index is 2.88. The molecule has 0 fully saturated rings. The fourth-order valence-electron chi connectivity index (χ4n) is 0.674. The van der Waals surface area contributed by atoms with Crippen LogP contribution in [0.1, 0.15) is 5.56 Å². The van der Waals surface area contributed by atoms with E-state index in [9.17, 15) is 0 Å². The summed E-state index contributed by atoms with van der Waals surface area (Å²) in [7, 11) is 1.67. The second-order valence-corrected chi connectivity index (χ2v) is 2.02. The van der Waals surface area contributed by atoms with Crippen molar-refractivity contribution in [1.82, 2.24) is 0 Å². The van der Waals surface area contributed by atoms with E-state index in [1.165, 1.54) is 5.56 Å². The second kappa shape index (κ2) is 2.53. The highest BCUT2D eigenvalue weighted by atomic mass is 16.4. The summed E-state index contributed by atoms with van der Waals surface area (Å²) in [5.74, 6) is 0.917. The minimum absolute atomic E-state index is 0.917. The van der Waals surface area contributed by atoms with Crippen molar-refractivity contribution in [2.24, 2.45) is 0 Å². The van der Waals surface area contributed by atoms with Crippen LogP contribution in [-0.4, -0.2) is 7.11 Å². The van der Waals surface area contributed by atoms with E-state index in [4.69, 9.17) is 4.74 Å². The second-order valence-electron chi connectivity index (χ2n) is 2.02. The van der Waals surface area contributed by atoms with E-state index >= 15 is 0 Å². The van der Waals surface area contributed by atoms with Crippen molar-refractivity contribution in [3.8, 4) is 5.75 Å². The third-order valence-corrected chi connectivity index (χ3v) is 1.26. The van der Waals surface area contributed by atoms with Crippen LogP contribution in [0.25, 0.3) is 0 Å². The van der Waals surface area contributed by atoms with Crippen molar-refractivity contribution in [2.45, 2.75) is 6.92 Å². The Hall–Kier alpha value is -0.980. The maximum absolute atomic E-state index is 4.97. The van der Waals surface area contributed by atoms with Gasteiger partial charge in [0, 0.05) is 0 Å². The van der Waals surface area contributed by atoms with Gasteiger partial charge < -0.3 is 4.74 Å². The molecule has 0 aromatic heterocycles. The summed E-state index contributed by atoms with van der Waals surface area (Å²) in [6.07, 6.45) is 0. The van der Waals surface area contributed by atoms with Gasteiger partial charge in [-0.15, -0.1) is 0 Å². The molecular formula is C8H10O. The lowest BCUT2D eigenvalue weighted by molar-refractivity contribution is 0.414. The molecule has 1 heteroatoms. The monoisotopic (exact) mass is 121 g/mol. The number of hydrogen-bond acceptors (Lipinski definition) is 1. The minimum atomic E-state index is 0.917. The molecule has 0 unspecified atom stereocenters. The molecule has 0 aliphatic carbocycles. The third kappa shape index (κ3) is 1.46. The summed E-state index contributed by atoms with van der Waals surface area (Å²) in [5, 5.41) is 0. The number of aryl methyl sites for hydroxylation is 1. The van der Waals surface area contributed by atoms with Crippen LogP contribution < -0.4 is 4.74 Å². The average molecular weight is 121 g/mol. The molecule has 0 aliphatic rings. The predicted octanol–water partition coefficient (Wildman–Crippen LogP) is 2.00. The number of hydrogen-bond donors (Lipinski definition) is 0. The van der Waals surface area contributed by atoms with Gasteiger partial charge in [-0.3, -0.25) is 0 Å². The fraction of sp³-hybridized carbons (Fsp3) is 0.250. The van der Waals surface area contributed by atoms with Crippen LogP contribution in [0, 0.1) is 6.92 Å². The zero-order valence-corrected chi connectivity index (χ0v) is 5.72. The van der Waals surface area contributed by atoms with Crippen molar-refractivity contribution in [1.29, 1.82) is 0 Å². The first-order valence-corrected chi connectivity index (χ1v) is 2.93. The molecule has 0 atom stereocenters. The predicted molar refractivity (Wildman–Crippen MR) is 37.7 cm³/mol. The van der Waals surface area contributed by atoms with Crippen molar-refractivity contribution in [3.05, 3.63) is 29.8 Å². The van der Waals surface area contributed by atoms with Gasteiger partial charge in [0.15, 0.2) is 0 Å². The minimum Gasteiger partial charge on any atom is -0.497 e. The van der Waals surface area contributed by atoms with Gasteiger partial charge in [-0.05, 0) is 19.1 Å². The zero-order valence-electron chi connectivity index (χ0n) is 5.72. The molecule has 0 bridgehead atoms. The SMILES string of the molecule is Cc1ccc(O[11CH3])cc1. The molecule has 0 N–H and O–H groups in total. The Morgan fingerprint density at radius 1 is 1.11 bits per heavy atom. The first-order valence-electron chi connectivity index (χ1n) is 2.93. The zero-order chi connectivity index (χ0) is 6.69. The highest BCUT2D eigenvalue weighted by Crippen LogP contribution is 2.09. The van der Waals surface area contributed by atoms with E-state index < -0.39 is 0 Å². The molecule has 9 heavy (non-hydrogen) atoms. The number of methoxy groups -OCH3 is 1. The molecule has 0 saturated carbocycles. The molecule has 0 spiro atoms. The summed E-state index contributed by atoms with van der Waals surface area (Å²) in [6.45, 7) is 2.06. The van der Waals surface area contributed by atoms with Crippen molar-refractivity contribution in [2.75, 3.05) is 7.11 Å². The standard InChI is InChI=1S/C8H10O/c1-7-3-5-8(9-2)6-4-7/h3-6H,1-2H3/i2-1. The first kappa shape index (κ1) is 6.14. The van der Waals surface area contributed by atoms with Crippen LogP contribution in [0.5, 0.6) is 5.75 Å². The van der Waals surface area contributed by atoms with Crippen molar-refractivity contribution >= 4 is 0 Å². The molecule has 0 heterocycles. The maximum atomic E-state index is 4.97. The third-order valence-electron chi connectivity index (χ3n) is 1.26. The smallest absolute Gasteiger partial charge is 0.118 e. The Morgan fingerprint density at radius 3 is 2.11 bits per heavy atom. The van der Waals surface area contributed by atoms with Gasteiger partial charge in [-0.1, -0.05) is 17.7 Å². The lowest BCUT2D eigenvalue weighted by atomic mass is 10.2. The summed E-state index contributed by atoms with van der Waals surface area (Å²) in [6, 6.07) is 7.96. The van der Waals surface area contributed by atoms with E-state index in [0.29, 0.717) is 0 Å². The number of rotatable bonds is 1. The summed E-state index contributed by atoms with van der Waals surface area (Å²) in [5.41, 5.74) is 1.26. The normalized spacial score (nSPS) is 9.11. The van der Waals surface area contributed by atoms with Crippen molar-refractivity contribution < 1.29 is 4.74 Å². The van der Waals surface area contributed by atoms with Gasteiger partial charge in [0.05, 0.1) is 7.11 Å². The molecule has 48 valence electrons. The number of benzene rings is 1. The van der Waals surface area contributed by atoms with Gasteiger partial charge >= 0.3 is 0 Å². The van der Waals surface area contributed by atoms with E-state index in [1.54, 1.807) is 7.11 Å². The summed E-state index contributed by atoms with van der Waals surface area (Å²) in [4.78, 5) is 0. The molecule has 0 amide bonds. The highest BCUT2D eigenvalue weighted by Gasteiger charge is 1.85. The summed E-state index contributed by atoms with van der Waals surface area (Å²) < 4.78 is 4.97. The number of ether oxygens (including phenoxy) is 1. The molecule has 0 aliphatic heterocycles. The van der Waals surface area contributed by atoms with Crippen LogP contribution in [0.4, 0.5) is 0 Å². The van der Waals surface area contributed by atoms with Crippen LogP contribution in [0.3, 0.4) is 0 Å². The van der Waals surface area contributed by atoms with Gasteiger partial charge in [-0.2, -0.15) is 0 Å². The molecular weight excluding hydrogens is 111 g/mol. The molecule has 1 aromatic rings. The lowest BCUT2D eigenvalue weighted by Crippen LogP contribution is -1.80. The lowest BCUT2D eigenvalue weighted by Gasteiger charge is -1.97. The highest BCUT2D eigenvalue weighted by molar-refractivity contribution is 5.25. The van der Waals surface area contributed by atoms with E-state index in [0.717, 1.165) is 5.75 Å². The van der Waals surface area contributed by atoms with E-state index in [1.807, 2.05) is 24.3 Å². The molecule has 1 aromatic carbocycles. The molecule has 0 saturated heterocycles. The van der Waals surface area contributed by atoms with E-state index in [2.05, 4.69) is 6.92 Å². The van der Waals surface area contributed by atoms with Crippen LogP contribution in [-0.2, 0) is 0 Å². The Morgan fingerprint density at radius 2 is 1.67 bits per heavy atom. The van der Waals surface area contributed by atoms with Crippen LogP contribution >= 0.6 is 0 Å². The molecule has 1 nitrogen and oxygen atoms in total. The van der Waals surface area contributed by atoms with E-state index in [-0.39, 0.29) is 0 Å². The average Bonchev–Trinajstić information content (AvgIpc) is 1.90. The van der Waals surface area contributed by atoms with Gasteiger partial charge in [0.25, 0.3) is 0 Å². The largest absolute Gasteiger partial charge is 0.497 e. The fourth-order valence-corrected chi connectivity index (χ4v) is 0.674. The Labute approximate surface area is 55.3 Å².